The van der Waals surface area contributed by atoms with Gasteiger partial charge in [0, 0.05) is 0 Å². The van der Waals surface area contributed by atoms with Crippen molar-refractivity contribution in [1.82, 2.24) is 0 Å². The molecule has 3 radical (unpaired) electrons. The van der Waals surface area contributed by atoms with Crippen molar-refractivity contribution in [2.75, 3.05) is 28.4 Å². The Morgan fingerprint density at radius 2 is 1.07 bits per heavy atom. The van der Waals surface area contributed by atoms with Crippen LogP contribution in [0.1, 0.15) is 0 Å². The van der Waals surface area contributed by atoms with Crippen molar-refractivity contribution in [3.63, 3.8) is 0 Å². The topological polar surface area (TPSA) is 83.0 Å². The molecule has 0 heterocycles. The van der Waals surface area contributed by atoms with Crippen molar-refractivity contribution < 1.29 is 27.9 Å². The molecule has 0 rings (SSSR count). The van der Waals surface area contributed by atoms with Gasteiger partial charge in [-0.2, -0.15) is 0 Å². The minimum atomic E-state index is -3.53. The van der Waals surface area contributed by atoms with E-state index >= 15 is 0 Å². The molecule has 14 heavy (non-hydrogen) atoms. The molecule has 0 N–H and O–H groups in total. The summed E-state index contributed by atoms with van der Waals surface area (Å²) in [5, 5.41) is -1.15. The fraction of sp³-hybridized carbons (Fsp3) is 1.00. The molecular formula is C5H13O6P2Si. The summed E-state index contributed by atoms with van der Waals surface area (Å²) in [6, 6.07) is 0. The fourth-order valence-corrected chi connectivity index (χ4v) is 5.60. The maximum atomic E-state index is 11.8. The zero-order valence-electron chi connectivity index (χ0n) is 8.42. The maximum absolute atomic E-state index is 11.8. The zero-order valence-corrected chi connectivity index (χ0v) is 11.2. The molecule has 0 amide bonds. The summed E-state index contributed by atoms with van der Waals surface area (Å²) >= 11 is 0. The van der Waals surface area contributed by atoms with Gasteiger partial charge in [-0.25, -0.2) is 18.1 Å². The van der Waals surface area contributed by atoms with Gasteiger partial charge in [0.15, 0.2) is 10.2 Å². The predicted molar refractivity (Wildman–Crippen MR) is 51.4 cm³/mol. The normalized spacial score (nSPS) is 13.7. The summed E-state index contributed by atoms with van der Waals surface area (Å²) in [6.45, 7) is 0. The van der Waals surface area contributed by atoms with E-state index < -0.39 is 20.9 Å². The molecule has 0 aliphatic carbocycles. The van der Waals surface area contributed by atoms with Gasteiger partial charge in [0.1, 0.15) is 0 Å². The van der Waals surface area contributed by atoms with Gasteiger partial charge in [0.25, 0.3) is 15.9 Å². The molecule has 0 aliphatic heterocycles. The van der Waals surface area contributed by atoms with Crippen molar-refractivity contribution in [3.05, 3.63) is 0 Å². The monoisotopic (exact) mass is 259 g/mol. The minimum absolute atomic E-state index is 1.15. The Morgan fingerprint density at radius 3 is 1.21 bits per heavy atom. The second-order valence-electron chi connectivity index (χ2n) is 2.18. The van der Waals surface area contributed by atoms with Crippen LogP contribution in [0.2, 0.25) is 0 Å². The van der Waals surface area contributed by atoms with Crippen molar-refractivity contribution >= 4 is 26.1 Å². The van der Waals surface area contributed by atoms with Gasteiger partial charge in [0.2, 0.25) is 5.02 Å². The van der Waals surface area contributed by atoms with E-state index in [0.717, 1.165) is 0 Å². The van der Waals surface area contributed by atoms with Crippen LogP contribution in [0.4, 0.5) is 0 Å². The molecule has 0 fully saturated rings. The van der Waals surface area contributed by atoms with Crippen LogP contribution in [0.5, 0.6) is 0 Å². The average Bonchev–Trinajstić information content (AvgIpc) is 2.25. The van der Waals surface area contributed by atoms with Crippen molar-refractivity contribution in [2.45, 2.75) is 5.02 Å². The second kappa shape index (κ2) is 5.79. The van der Waals surface area contributed by atoms with Crippen molar-refractivity contribution in [1.29, 1.82) is 0 Å². The third kappa shape index (κ3) is 2.92. The van der Waals surface area contributed by atoms with Crippen molar-refractivity contribution in [3.8, 4) is 0 Å². The van der Waals surface area contributed by atoms with Gasteiger partial charge in [-0.05, 0) is 0 Å². The van der Waals surface area contributed by atoms with E-state index in [0.29, 0.717) is 0 Å². The molecule has 0 aliphatic rings. The van der Waals surface area contributed by atoms with E-state index in [1.807, 2.05) is 0 Å². The van der Waals surface area contributed by atoms with Crippen LogP contribution in [0.15, 0.2) is 0 Å². The molecule has 0 saturated heterocycles. The Kier molecular flexibility index (Phi) is 6.14. The smallest absolute Gasteiger partial charge is 0.276 e. The lowest BCUT2D eigenvalue weighted by Gasteiger charge is -2.36. The number of rotatable bonds is 6. The fourth-order valence-electron chi connectivity index (χ4n) is 0.722. The van der Waals surface area contributed by atoms with Gasteiger partial charge >= 0.3 is 0 Å². The SMILES string of the molecule is CO[P+]([O-])(OC)C([Si])[P+]([O-])(OC)OC. The molecule has 0 aromatic carbocycles. The van der Waals surface area contributed by atoms with E-state index in [1.54, 1.807) is 0 Å². The Hall–Kier alpha value is 0.837. The number of hydrogen-bond donors (Lipinski definition) is 0. The van der Waals surface area contributed by atoms with E-state index in [9.17, 15) is 9.79 Å². The van der Waals surface area contributed by atoms with Crippen LogP contribution in [0.25, 0.3) is 0 Å². The first-order chi connectivity index (χ1) is 6.40. The second-order valence-corrected chi connectivity index (χ2v) is 8.79. The molecule has 0 saturated carbocycles. The van der Waals surface area contributed by atoms with Gasteiger partial charge in [0.05, 0.1) is 28.4 Å². The molecule has 9 heteroatoms. The summed E-state index contributed by atoms with van der Waals surface area (Å²) in [5.41, 5.74) is 0. The molecular weight excluding hydrogens is 246 g/mol. The summed E-state index contributed by atoms with van der Waals surface area (Å²) in [6.07, 6.45) is 0. The zero-order chi connectivity index (χ0) is 11.4. The van der Waals surface area contributed by atoms with E-state index in [4.69, 9.17) is 0 Å². The van der Waals surface area contributed by atoms with E-state index in [2.05, 4.69) is 28.3 Å². The molecule has 83 valence electrons. The lowest BCUT2D eigenvalue weighted by Crippen LogP contribution is -2.34. The van der Waals surface area contributed by atoms with Gasteiger partial charge < -0.3 is 9.79 Å². The molecule has 0 spiro atoms. The van der Waals surface area contributed by atoms with Crippen LogP contribution in [-0.2, 0) is 18.1 Å². The summed E-state index contributed by atoms with van der Waals surface area (Å²) in [5.74, 6) is 0. The highest BCUT2D eigenvalue weighted by molar-refractivity contribution is 7.80. The molecule has 0 aromatic rings. The molecule has 6 nitrogen and oxygen atoms in total. The largest absolute Gasteiger partial charge is 0.629 e. The Bertz CT molecular complexity index is 156. The average molecular weight is 259 g/mol. The van der Waals surface area contributed by atoms with Crippen molar-refractivity contribution in [2.24, 2.45) is 0 Å². The van der Waals surface area contributed by atoms with Gasteiger partial charge in [-0.15, -0.1) is 0 Å². The number of hydrogen-bond acceptors (Lipinski definition) is 6. The minimum Gasteiger partial charge on any atom is -0.629 e. The van der Waals surface area contributed by atoms with Crippen LogP contribution in [0, 0.1) is 0 Å². The predicted octanol–water partition coefficient (Wildman–Crippen LogP) is -0.730. The highest BCUT2D eigenvalue weighted by atomic mass is 31.3. The first-order valence-corrected chi connectivity index (χ1v) is 7.33. The third-order valence-electron chi connectivity index (χ3n) is 1.62. The van der Waals surface area contributed by atoms with Gasteiger partial charge in [-0.3, -0.25) is 0 Å². The standard InChI is InChI=1S/C5H13O6P2Si/c1-8-12(6,9-2)5(14)13(7,10-3)11-4/h5H,1-4H3. The Labute approximate surface area is 88.1 Å². The summed E-state index contributed by atoms with van der Waals surface area (Å²) in [4.78, 5) is 23.6. The van der Waals surface area contributed by atoms with Gasteiger partial charge in [-0.1, -0.05) is 0 Å². The highest BCUT2D eigenvalue weighted by Crippen LogP contribution is 2.72. The van der Waals surface area contributed by atoms with Crippen LogP contribution < -0.4 is 9.79 Å². The van der Waals surface area contributed by atoms with E-state index in [1.165, 1.54) is 28.4 Å². The first-order valence-electron chi connectivity index (χ1n) is 3.53. The maximum Gasteiger partial charge on any atom is 0.276 e. The van der Waals surface area contributed by atoms with Crippen LogP contribution in [-0.4, -0.2) is 43.7 Å². The first kappa shape index (κ1) is 14.8. The lowest BCUT2D eigenvalue weighted by atomic mass is 11.8. The Morgan fingerprint density at radius 1 is 0.857 bits per heavy atom. The molecule has 0 aromatic heterocycles. The summed E-state index contributed by atoms with van der Waals surface area (Å²) < 4.78 is 18.6. The molecule has 0 unspecified atom stereocenters. The Balaban J connectivity index is 4.80. The quantitative estimate of drug-likeness (QED) is 0.462. The molecule has 0 bridgehead atoms. The van der Waals surface area contributed by atoms with E-state index in [-0.39, 0.29) is 0 Å². The van der Waals surface area contributed by atoms with Crippen LogP contribution >= 0.6 is 15.9 Å². The summed E-state index contributed by atoms with van der Waals surface area (Å²) in [7, 11) is 0.691. The van der Waals surface area contributed by atoms with Crippen LogP contribution in [0.3, 0.4) is 0 Å². The highest BCUT2D eigenvalue weighted by Gasteiger charge is 2.53. The third-order valence-corrected chi connectivity index (χ3v) is 8.45. The molecule has 0 atom stereocenters. The lowest BCUT2D eigenvalue weighted by molar-refractivity contribution is -0.226.